The van der Waals surface area contributed by atoms with Crippen LogP contribution in [0.5, 0.6) is 0 Å². The summed E-state index contributed by atoms with van der Waals surface area (Å²) in [6, 6.07) is 0. The fourth-order valence-electron chi connectivity index (χ4n) is 6.99. The predicted octanol–water partition coefficient (Wildman–Crippen LogP) is 10.6. The number of ether oxygens (including phenoxy) is 2. The van der Waals surface area contributed by atoms with Gasteiger partial charge >= 0.3 is 11.9 Å². The van der Waals surface area contributed by atoms with Crippen LogP contribution in [0.1, 0.15) is 129 Å². The van der Waals surface area contributed by atoms with Gasteiger partial charge in [0.25, 0.3) is 0 Å². The maximum Gasteiger partial charge on any atom is 0.308 e. The zero-order valence-electron chi connectivity index (χ0n) is 34.2. The summed E-state index contributed by atoms with van der Waals surface area (Å²) in [4.78, 5) is 23.0. The summed E-state index contributed by atoms with van der Waals surface area (Å²) < 4.78 is 10.7. The first-order valence-electron chi connectivity index (χ1n) is 19.2. The molecule has 0 spiro atoms. The van der Waals surface area contributed by atoms with Gasteiger partial charge in [-0.05, 0) is 89.8 Å². The third-order valence-corrected chi connectivity index (χ3v) is 13.8. The van der Waals surface area contributed by atoms with Gasteiger partial charge in [-0.15, -0.1) is 13.2 Å². The molecule has 0 aromatic carbocycles. The molecule has 6 nitrogen and oxygen atoms in total. The van der Waals surface area contributed by atoms with Gasteiger partial charge in [0.05, 0.1) is 25.0 Å². The zero-order valence-corrected chi connectivity index (χ0v) is 34.2. The van der Waals surface area contributed by atoms with Crippen molar-refractivity contribution in [2.45, 2.75) is 129 Å². The van der Waals surface area contributed by atoms with Gasteiger partial charge in [0.1, 0.15) is 0 Å². The number of rotatable bonds is 12. The third-order valence-electron chi connectivity index (χ3n) is 13.8. The van der Waals surface area contributed by atoms with Crippen LogP contribution in [0.25, 0.3) is 0 Å². The van der Waals surface area contributed by atoms with Gasteiger partial charge in [0, 0.05) is 19.1 Å². The lowest BCUT2D eigenvalue weighted by Crippen LogP contribution is -2.46. The molecule has 0 aliphatic heterocycles. The van der Waals surface area contributed by atoms with Crippen molar-refractivity contribution in [2.75, 3.05) is 26.4 Å². The van der Waals surface area contributed by atoms with Gasteiger partial charge in [-0.1, -0.05) is 127 Å². The minimum Gasteiger partial charge on any atom is -0.465 e. The molecule has 0 heterocycles. The first-order valence-corrected chi connectivity index (χ1v) is 19.2. The first-order chi connectivity index (χ1) is 23.0. The molecule has 4 aliphatic carbocycles. The topological polar surface area (TPSA) is 93.1 Å². The summed E-state index contributed by atoms with van der Waals surface area (Å²) in [5, 5.41) is 17.7. The standard InChI is InChI=1S/C14H24O2.C13H22O2.C9H16O.C8H14O.CH4/c1-6-10(3)13(15)16-9-12-8-11(7-2)14(12,4)5;1-6-9(2)12(14)15-8-11-7-10(3)13(11,4)5;1-4-7-5-8(6-10)9(7,2)3;1-6-4-7(5-9)8(6,2)3;/h7,10-12H,2,6,8-9H2,1,3-5H3;9,11H,3,6-8H2,1-2,4-5H3;4,7-8,10H,1,5-6H2,2-3H3;7,9H,1,4-5H2,2-3H3;1H4. The van der Waals surface area contributed by atoms with Crippen LogP contribution in [0.3, 0.4) is 0 Å². The van der Waals surface area contributed by atoms with Crippen LogP contribution in [-0.4, -0.2) is 48.6 Å². The van der Waals surface area contributed by atoms with Gasteiger partial charge in [-0.2, -0.15) is 0 Å². The van der Waals surface area contributed by atoms with Crippen molar-refractivity contribution in [1.29, 1.82) is 0 Å². The average molecular weight is 717 g/mol. The Labute approximate surface area is 314 Å². The van der Waals surface area contributed by atoms with Crippen molar-refractivity contribution in [3.05, 3.63) is 49.6 Å². The highest BCUT2D eigenvalue weighted by Gasteiger charge is 2.47. The summed E-state index contributed by atoms with van der Waals surface area (Å²) in [6.07, 6.45) is 9.96. The fraction of sp³-hybridized carbons (Fsp3) is 0.778. The van der Waals surface area contributed by atoms with Crippen molar-refractivity contribution in [3.63, 3.8) is 0 Å². The highest BCUT2D eigenvalue weighted by atomic mass is 16.5. The van der Waals surface area contributed by atoms with Gasteiger partial charge in [0.15, 0.2) is 0 Å². The molecular formula is C45H80O6. The van der Waals surface area contributed by atoms with Gasteiger partial charge in [-0.25, -0.2) is 0 Å². The number of esters is 2. The molecule has 8 unspecified atom stereocenters. The number of aliphatic hydroxyl groups excluding tert-OH is 2. The summed E-state index contributed by atoms with van der Waals surface area (Å²) in [5.74, 6) is 3.02. The average Bonchev–Trinajstić information content (AvgIpc) is 3.07. The second kappa shape index (κ2) is 20.3. The molecule has 0 saturated heterocycles. The number of hydrogen-bond donors (Lipinski definition) is 2. The second-order valence-electron chi connectivity index (χ2n) is 17.9. The first kappa shape index (κ1) is 48.8. The summed E-state index contributed by atoms with van der Waals surface area (Å²) in [5.41, 5.74) is 3.42. The minimum absolute atomic E-state index is 0. The maximum atomic E-state index is 11.5. The van der Waals surface area contributed by atoms with E-state index in [1.807, 2.05) is 39.8 Å². The Morgan fingerprint density at radius 2 is 1.02 bits per heavy atom. The van der Waals surface area contributed by atoms with Crippen molar-refractivity contribution < 1.29 is 29.3 Å². The number of carbonyl (C=O) groups is 2. The molecule has 51 heavy (non-hydrogen) atoms. The Kier molecular flexibility index (Phi) is 19.5. The highest BCUT2D eigenvalue weighted by molar-refractivity contribution is 5.72. The van der Waals surface area contributed by atoms with E-state index in [4.69, 9.17) is 19.7 Å². The van der Waals surface area contributed by atoms with Crippen LogP contribution < -0.4 is 0 Å². The number of hydrogen-bond acceptors (Lipinski definition) is 6. The van der Waals surface area contributed by atoms with Crippen molar-refractivity contribution in [2.24, 2.45) is 69.0 Å². The summed E-state index contributed by atoms with van der Waals surface area (Å²) in [6.45, 7) is 42.6. The fourth-order valence-corrected chi connectivity index (χ4v) is 6.99. The smallest absolute Gasteiger partial charge is 0.308 e. The predicted molar refractivity (Wildman–Crippen MR) is 215 cm³/mol. The third kappa shape index (κ3) is 11.9. The zero-order chi connectivity index (χ0) is 38.8. The van der Waals surface area contributed by atoms with Gasteiger partial charge in [-0.3, -0.25) is 9.59 Å². The van der Waals surface area contributed by atoms with Crippen LogP contribution in [0.4, 0.5) is 0 Å². The Balaban J connectivity index is 0.000000666. The maximum absolute atomic E-state index is 11.5. The molecule has 2 N–H and O–H groups in total. The monoisotopic (exact) mass is 717 g/mol. The Morgan fingerprint density at radius 1 is 0.686 bits per heavy atom. The molecule has 8 atom stereocenters. The molecule has 0 aromatic rings. The molecule has 0 amide bonds. The van der Waals surface area contributed by atoms with Gasteiger partial charge < -0.3 is 19.7 Å². The Bertz CT molecular complexity index is 1160. The molecular weight excluding hydrogens is 636 g/mol. The van der Waals surface area contributed by atoms with Crippen LogP contribution in [-0.2, 0) is 19.1 Å². The molecule has 6 heteroatoms. The second-order valence-corrected chi connectivity index (χ2v) is 17.9. The minimum atomic E-state index is -0.0641. The molecule has 4 rings (SSSR count). The molecule has 4 aliphatic rings. The van der Waals surface area contributed by atoms with E-state index in [-0.39, 0.29) is 52.9 Å². The highest BCUT2D eigenvalue weighted by Crippen LogP contribution is 2.53. The van der Waals surface area contributed by atoms with Gasteiger partial charge in [0.2, 0.25) is 0 Å². The van der Waals surface area contributed by atoms with E-state index in [1.54, 1.807) is 0 Å². The molecule has 296 valence electrons. The van der Waals surface area contributed by atoms with E-state index in [0.717, 1.165) is 38.5 Å². The van der Waals surface area contributed by atoms with E-state index in [9.17, 15) is 9.59 Å². The Morgan fingerprint density at radius 3 is 1.27 bits per heavy atom. The van der Waals surface area contributed by atoms with Crippen LogP contribution in [0.2, 0.25) is 0 Å². The van der Waals surface area contributed by atoms with E-state index >= 15 is 0 Å². The lowest BCUT2D eigenvalue weighted by atomic mass is 9.55. The van der Waals surface area contributed by atoms with E-state index in [0.29, 0.717) is 61.9 Å². The largest absolute Gasteiger partial charge is 0.465 e. The van der Waals surface area contributed by atoms with Crippen molar-refractivity contribution in [3.8, 4) is 0 Å². The van der Waals surface area contributed by atoms with Crippen LogP contribution in [0.15, 0.2) is 49.6 Å². The SMILES string of the molecule is C.C=C1CC(CO)C1(C)C.C=C1CC(COC(=O)C(C)CC)C1(C)C.C=CC1CC(CO)C1(C)C.C=CC1CC(COC(=O)C(C)CC)C1(C)C. The molecule has 0 bridgehead atoms. The normalized spacial score (nSPS) is 29.5. The quantitative estimate of drug-likeness (QED) is 0.154. The number of aliphatic hydroxyl groups is 2. The van der Waals surface area contributed by atoms with E-state index in [1.165, 1.54) is 11.1 Å². The van der Waals surface area contributed by atoms with E-state index in [2.05, 4.69) is 81.7 Å². The number of carbonyl (C=O) groups excluding carboxylic acids is 2. The van der Waals surface area contributed by atoms with Crippen LogP contribution in [0, 0.1) is 69.0 Å². The molecule has 0 radical (unpaired) electrons. The van der Waals surface area contributed by atoms with Crippen molar-refractivity contribution in [1.82, 2.24) is 0 Å². The van der Waals surface area contributed by atoms with Crippen molar-refractivity contribution >= 4 is 11.9 Å². The lowest BCUT2D eigenvalue weighted by molar-refractivity contribution is -0.155. The summed E-state index contributed by atoms with van der Waals surface area (Å²) in [7, 11) is 0. The molecule has 4 saturated carbocycles. The Hall–Kier alpha value is -2.18. The van der Waals surface area contributed by atoms with Crippen LogP contribution >= 0.6 is 0 Å². The molecule has 4 fully saturated rings. The summed E-state index contributed by atoms with van der Waals surface area (Å²) >= 11 is 0. The van der Waals surface area contributed by atoms with E-state index < -0.39 is 0 Å². The lowest BCUT2D eigenvalue weighted by Gasteiger charge is -2.50. The molecule has 0 aromatic heterocycles. The number of allylic oxidation sites excluding steroid dienone is 4.